The molecule has 0 N–H and O–H groups in total. The number of carbonyl (C=O) groups excluding carboxylic acids is 1. The Balaban J connectivity index is 2.31. The van der Waals surface area contributed by atoms with Crippen molar-refractivity contribution in [3.63, 3.8) is 0 Å². The molecule has 0 saturated heterocycles. The van der Waals surface area contributed by atoms with Crippen molar-refractivity contribution in [1.82, 2.24) is 0 Å². The van der Waals surface area contributed by atoms with Gasteiger partial charge in [-0.25, -0.2) is 0 Å². The first-order valence-corrected chi connectivity index (χ1v) is 7.10. The summed E-state index contributed by atoms with van der Waals surface area (Å²) in [4.78, 5) is 12.4. The van der Waals surface area contributed by atoms with E-state index in [-0.39, 0.29) is 5.78 Å². The Morgan fingerprint density at radius 1 is 1.20 bits per heavy atom. The lowest BCUT2D eigenvalue weighted by molar-refractivity contribution is 0.0977. The maximum absolute atomic E-state index is 12.4. The molecule has 0 aliphatic heterocycles. The van der Waals surface area contributed by atoms with E-state index in [9.17, 15) is 10.1 Å². The van der Waals surface area contributed by atoms with Crippen molar-refractivity contribution >= 4 is 21.7 Å². The molecule has 0 radical (unpaired) electrons. The average Bonchev–Trinajstić information content (AvgIpc) is 2.86. The van der Waals surface area contributed by atoms with Crippen LogP contribution < -0.4 is 0 Å². The first-order chi connectivity index (χ1) is 9.54. The van der Waals surface area contributed by atoms with Gasteiger partial charge in [-0.15, -0.1) is 0 Å². The van der Waals surface area contributed by atoms with Gasteiger partial charge in [0.05, 0.1) is 17.9 Å². The van der Waals surface area contributed by atoms with E-state index in [0.717, 1.165) is 0 Å². The molecule has 0 amide bonds. The highest BCUT2D eigenvalue weighted by Crippen LogP contribution is 2.27. The highest BCUT2D eigenvalue weighted by Gasteiger charge is 2.24. The number of benzene rings is 1. The van der Waals surface area contributed by atoms with Gasteiger partial charge in [0.1, 0.15) is 5.92 Å². The maximum atomic E-state index is 12.4. The predicted octanol–water partition coefficient (Wildman–Crippen LogP) is 4.66. The largest absolute Gasteiger partial charge is 0.457 e. The summed E-state index contributed by atoms with van der Waals surface area (Å²) < 4.78 is 5.42. The summed E-state index contributed by atoms with van der Waals surface area (Å²) in [5.74, 6) is -0.654. The Kier molecular flexibility index (Phi) is 4.41. The van der Waals surface area contributed by atoms with Gasteiger partial charge in [-0.3, -0.25) is 4.79 Å². The third kappa shape index (κ3) is 2.83. The lowest BCUT2D eigenvalue weighted by Crippen LogP contribution is -2.11. The second-order valence-electron chi connectivity index (χ2n) is 4.86. The van der Waals surface area contributed by atoms with E-state index >= 15 is 0 Å². The fourth-order valence-corrected chi connectivity index (χ4v) is 2.42. The van der Waals surface area contributed by atoms with Crippen molar-refractivity contribution in [2.75, 3.05) is 0 Å². The Morgan fingerprint density at radius 3 is 2.25 bits per heavy atom. The second-order valence-corrected chi connectivity index (χ2v) is 5.58. The minimum Gasteiger partial charge on any atom is -0.457 e. The van der Waals surface area contributed by atoms with Gasteiger partial charge < -0.3 is 4.42 Å². The molecule has 2 aromatic rings. The Labute approximate surface area is 126 Å². The van der Waals surface area contributed by atoms with Crippen molar-refractivity contribution in [2.45, 2.75) is 25.7 Å². The van der Waals surface area contributed by atoms with Crippen LogP contribution in [0.3, 0.4) is 0 Å². The van der Waals surface area contributed by atoms with Crippen LogP contribution in [0.25, 0.3) is 0 Å². The number of nitrogens with zero attached hydrogens (tertiary/aromatic N) is 1. The maximum Gasteiger partial charge on any atom is 0.188 e. The van der Waals surface area contributed by atoms with Gasteiger partial charge in [0.15, 0.2) is 10.5 Å². The summed E-state index contributed by atoms with van der Waals surface area (Å²) in [5, 5.41) is 9.30. The zero-order valence-corrected chi connectivity index (χ0v) is 12.8. The van der Waals surface area contributed by atoms with E-state index < -0.39 is 5.92 Å². The van der Waals surface area contributed by atoms with Crippen LogP contribution in [0.5, 0.6) is 0 Å². The van der Waals surface area contributed by atoms with E-state index in [2.05, 4.69) is 35.8 Å². The molecule has 1 unspecified atom stereocenters. The molecule has 0 fully saturated rings. The van der Waals surface area contributed by atoms with Crippen molar-refractivity contribution in [1.29, 1.82) is 5.26 Å². The zero-order valence-electron chi connectivity index (χ0n) is 11.3. The van der Waals surface area contributed by atoms with E-state index in [1.54, 1.807) is 6.07 Å². The highest BCUT2D eigenvalue weighted by atomic mass is 79.9. The van der Waals surface area contributed by atoms with Crippen LogP contribution in [0, 0.1) is 11.3 Å². The van der Waals surface area contributed by atoms with Gasteiger partial charge in [0, 0.05) is 0 Å². The Hall–Kier alpha value is -1.86. The lowest BCUT2D eigenvalue weighted by atomic mass is 9.91. The standard InChI is InChI=1S/C16H14BrNO2/c1-10(2)11-3-5-12(6-4-11)14(9-18)15(19)13-7-8-20-16(13)17/h3-8,10,14H,1-2H3. The first-order valence-electron chi connectivity index (χ1n) is 6.31. The van der Waals surface area contributed by atoms with Crippen LogP contribution in [-0.2, 0) is 0 Å². The second kappa shape index (κ2) is 6.06. The number of Topliss-reactive ketones (excluding diaryl/α,β-unsaturated/α-hetero) is 1. The molecule has 1 aromatic carbocycles. The predicted molar refractivity (Wildman–Crippen MR) is 79.6 cm³/mol. The van der Waals surface area contributed by atoms with E-state index in [1.165, 1.54) is 11.8 Å². The number of rotatable bonds is 4. The highest BCUT2D eigenvalue weighted by molar-refractivity contribution is 9.10. The summed E-state index contributed by atoms with van der Waals surface area (Å²) >= 11 is 3.17. The molecule has 4 heteroatoms. The molecule has 1 aromatic heterocycles. The van der Waals surface area contributed by atoms with E-state index in [1.807, 2.05) is 24.3 Å². The number of carbonyl (C=O) groups is 1. The minimum atomic E-state index is -0.815. The molecule has 0 spiro atoms. The average molecular weight is 332 g/mol. The van der Waals surface area contributed by atoms with Gasteiger partial charge in [0.25, 0.3) is 0 Å². The van der Waals surface area contributed by atoms with Crippen molar-refractivity contribution in [2.24, 2.45) is 0 Å². The lowest BCUT2D eigenvalue weighted by Gasteiger charge is -2.10. The summed E-state index contributed by atoms with van der Waals surface area (Å²) in [6.07, 6.45) is 1.42. The molecular weight excluding hydrogens is 318 g/mol. The van der Waals surface area contributed by atoms with Crippen LogP contribution in [0.2, 0.25) is 0 Å². The van der Waals surface area contributed by atoms with Gasteiger partial charge in [-0.2, -0.15) is 5.26 Å². The molecule has 0 bridgehead atoms. The van der Waals surface area contributed by atoms with Gasteiger partial charge >= 0.3 is 0 Å². The fourth-order valence-electron chi connectivity index (χ4n) is 1.98. The van der Waals surface area contributed by atoms with Crippen LogP contribution in [-0.4, -0.2) is 5.78 Å². The number of ketones is 1. The summed E-state index contributed by atoms with van der Waals surface area (Å²) in [5.41, 5.74) is 2.28. The van der Waals surface area contributed by atoms with Gasteiger partial charge in [-0.05, 0) is 39.0 Å². The van der Waals surface area contributed by atoms with Crippen molar-refractivity contribution in [3.05, 3.63) is 58.0 Å². The Bertz CT molecular complexity index is 650. The number of halogens is 1. The summed E-state index contributed by atoms with van der Waals surface area (Å²) in [6.45, 7) is 4.20. The van der Waals surface area contributed by atoms with E-state index in [0.29, 0.717) is 21.7 Å². The molecule has 0 saturated carbocycles. The minimum absolute atomic E-state index is 0.259. The fraction of sp³-hybridized carbons (Fsp3) is 0.250. The van der Waals surface area contributed by atoms with Crippen LogP contribution in [0.1, 0.15) is 47.2 Å². The van der Waals surface area contributed by atoms with Crippen LogP contribution in [0.4, 0.5) is 0 Å². The van der Waals surface area contributed by atoms with Crippen molar-refractivity contribution in [3.8, 4) is 6.07 Å². The normalized spacial score (nSPS) is 12.2. The first kappa shape index (κ1) is 14.5. The summed E-state index contributed by atoms with van der Waals surface area (Å²) in [7, 11) is 0. The zero-order chi connectivity index (χ0) is 14.7. The molecule has 0 aliphatic rings. The van der Waals surface area contributed by atoms with E-state index in [4.69, 9.17) is 4.42 Å². The molecule has 2 rings (SSSR count). The number of nitriles is 1. The molecule has 1 heterocycles. The number of hydrogen-bond donors (Lipinski definition) is 0. The van der Waals surface area contributed by atoms with Gasteiger partial charge in [0.2, 0.25) is 0 Å². The molecule has 0 aliphatic carbocycles. The monoisotopic (exact) mass is 331 g/mol. The number of hydrogen-bond acceptors (Lipinski definition) is 3. The van der Waals surface area contributed by atoms with Crippen molar-refractivity contribution < 1.29 is 9.21 Å². The summed E-state index contributed by atoms with van der Waals surface area (Å²) in [6, 6.07) is 11.2. The molecule has 3 nitrogen and oxygen atoms in total. The smallest absolute Gasteiger partial charge is 0.188 e. The molecule has 20 heavy (non-hydrogen) atoms. The molecule has 1 atom stereocenters. The Morgan fingerprint density at radius 2 is 1.80 bits per heavy atom. The van der Waals surface area contributed by atoms with Crippen LogP contribution >= 0.6 is 15.9 Å². The molecular formula is C16H14BrNO2. The SMILES string of the molecule is CC(C)c1ccc(C(C#N)C(=O)c2ccoc2Br)cc1. The van der Waals surface area contributed by atoms with Gasteiger partial charge in [-0.1, -0.05) is 38.1 Å². The quantitative estimate of drug-likeness (QED) is 0.766. The number of furan rings is 1. The molecule has 102 valence electrons. The third-order valence-corrected chi connectivity index (χ3v) is 3.83. The third-order valence-electron chi connectivity index (χ3n) is 3.21. The van der Waals surface area contributed by atoms with Crippen LogP contribution in [0.15, 0.2) is 45.7 Å². The topological polar surface area (TPSA) is 54.0 Å².